The van der Waals surface area contributed by atoms with E-state index < -0.39 is 0 Å². The molecule has 3 aromatic heterocycles. The Hall–Kier alpha value is -2.62. The molecule has 7 nitrogen and oxygen atoms in total. The van der Waals surface area contributed by atoms with Gasteiger partial charge in [0.25, 0.3) is 0 Å². The number of rotatable bonds is 7. The lowest BCUT2D eigenvalue weighted by molar-refractivity contribution is 0.187. The number of nitrogens with one attached hydrogen (secondary N) is 2. The average Bonchev–Trinajstić information content (AvgIpc) is 3.50. The van der Waals surface area contributed by atoms with E-state index in [-0.39, 0.29) is 18.1 Å². The van der Waals surface area contributed by atoms with E-state index in [1.165, 1.54) is 0 Å². The monoisotopic (exact) mass is 494 g/mol. The summed E-state index contributed by atoms with van der Waals surface area (Å²) in [5.41, 5.74) is 3.65. The summed E-state index contributed by atoms with van der Waals surface area (Å²) in [5.74, 6) is 1.96. The van der Waals surface area contributed by atoms with Crippen molar-refractivity contribution < 1.29 is 5.11 Å². The molecule has 1 aromatic carbocycles. The normalized spacial score (nSPS) is 22.4. The Morgan fingerprint density at radius 3 is 2.68 bits per heavy atom. The van der Waals surface area contributed by atoms with Crippen molar-refractivity contribution in [2.24, 2.45) is 11.8 Å². The number of thiazole rings is 2. The second kappa shape index (κ2) is 9.20. The lowest BCUT2D eigenvalue weighted by atomic mass is 9.86. The van der Waals surface area contributed by atoms with E-state index in [1.807, 2.05) is 37.4 Å². The highest BCUT2D eigenvalue weighted by atomic mass is 32.1. The number of aryl methyl sites for hydroxylation is 2. The molecule has 3 unspecified atom stereocenters. The number of aromatic nitrogens is 4. The molecular formula is C25H30N6OS2. The molecule has 3 heterocycles. The first-order valence-corrected chi connectivity index (χ1v) is 13.3. The molecule has 1 aliphatic carbocycles. The zero-order chi connectivity index (χ0) is 23.9. The van der Waals surface area contributed by atoms with Gasteiger partial charge in [0.1, 0.15) is 15.8 Å². The number of aliphatic hydroxyl groups excluding tert-OH is 1. The van der Waals surface area contributed by atoms with Gasteiger partial charge in [0.15, 0.2) is 0 Å². The van der Waals surface area contributed by atoms with Gasteiger partial charge in [-0.15, -0.1) is 22.7 Å². The van der Waals surface area contributed by atoms with Crippen molar-refractivity contribution in [1.29, 1.82) is 0 Å². The predicted molar refractivity (Wildman–Crippen MR) is 141 cm³/mol. The summed E-state index contributed by atoms with van der Waals surface area (Å²) in [5, 5.41) is 20.9. The molecule has 0 saturated heterocycles. The van der Waals surface area contributed by atoms with Gasteiger partial charge >= 0.3 is 0 Å². The molecule has 0 spiro atoms. The Morgan fingerprint density at radius 2 is 1.97 bits per heavy atom. The quantitative estimate of drug-likeness (QED) is 0.306. The summed E-state index contributed by atoms with van der Waals surface area (Å²) in [6.45, 7) is 9.27. The Kier molecular flexibility index (Phi) is 6.26. The number of anilines is 2. The van der Waals surface area contributed by atoms with Gasteiger partial charge in [-0.25, -0.2) is 15.0 Å². The van der Waals surface area contributed by atoms with Crippen LogP contribution in [0.5, 0.6) is 0 Å². The highest BCUT2D eigenvalue weighted by molar-refractivity contribution is 7.21. The molecule has 178 valence electrons. The van der Waals surface area contributed by atoms with Gasteiger partial charge in [0, 0.05) is 23.2 Å². The molecule has 0 amide bonds. The van der Waals surface area contributed by atoms with Gasteiger partial charge in [-0.1, -0.05) is 19.1 Å². The average molecular weight is 495 g/mol. The third-order valence-corrected chi connectivity index (χ3v) is 9.07. The highest BCUT2D eigenvalue weighted by Gasteiger charge is 2.42. The Balaban J connectivity index is 1.54. The van der Waals surface area contributed by atoms with Crippen LogP contribution in [0, 0.1) is 25.7 Å². The van der Waals surface area contributed by atoms with Crippen molar-refractivity contribution >= 4 is 44.7 Å². The molecule has 1 aliphatic rings. The smallest absolute Gasteiger partial charge is 0.225 e. The second-order valence-electron chi connectivity index (χ2n) is 9.39. The SMILES string of the molecule is Cc1csc(CNc2nc(C)c(-c3nc4ccccc4s3)c(NC3(C)CCC(CO)C3C)n2)n1. The number of para-hydroxylation sites is 1. The fourth-order valence-electron chi connectivity index (χ4n) is 4.80. The number of aliphatic hydroxyl groups is 1. The van der Waals surface area contributed by atoms with Crippen LogP contribution in [-0.2, 0) is 6.54 Å². The van der Waals surface area contributed by atoms with Crippen molar-refractivity contribution in [1.82, 2.24) is 19.9 Å². The van der Waals surface area contributed by atoms with Crippen molar-refractivity contribution in [2.75, 3.05) is 17.2 Å². The molecule has 1 saturated carbocycles. The van der Waals surface area contributed by atoms with Crippen LogP contribution < -0.4 is 10.6 Å². The third kappa shape index (κ3) is 4.39. The van der Waals surface area contributed by atoms with E-state index in [1.54, 1.807) is 22.7 Å². The number of hydrogen-bond acceptors (Lipinski definition) is 9. The minimum absolute atomic E-state index is 0.177. The summed E-state index contributed by atoms with van der Waals surface area (Å²) < 4.78 is 1.14. The maximum Gasteiger partial charge on any atom is 0.225 e. The van der Waals surface area contributed by atoms with Crippen LogP contribution in [0.15, 0.2) is 29.6 Å². The van der Waals surface area contributed by atoms with Crippen LogP contribution in [-0.4, -0.2) is 37.2 Å². The maximum atomic E-state index is 9.84. The van der Waals surface area contributed by atoms with Gasteiger partial charge in [-0.05, 0) is 57.6 Å². The first-order chi connectivity index (χ1) is 16.4. The van der Waals surface area contributed by atoms with Crippen LogP contribution in [0.25, 0.3) is 20.8 Å². The molecule has 4 aromatic rings. The van der Waals surface area contributed by atoms with Crippen molar-refractivity contribution in [3.05, 3.63) is 46.0 Å². The van der Waals surface area contributed by atoms with Crippen molar-refractivity contribution in [3.63, 3.8) is 0 Å². The maximum absolute atomic E-state index is 9.84. The van der Waals surface area contributed by atoms with Crippen LogP contribution in [0.2, 0.25) is 0 Å². The fourth-order valence-corrected chi connectivity index (χ4v) is 6.57. The van der Waals surface area contributed by atoms with Gasteiger partial charge in [-0.2, -0.15) is 4.98 Å². The molecule has 5 rings (SSSR count). The Labute approximate surface area is 207 Å². The van der Waals surface area contributed by atoms with Crippen LogP contribution in [0.3, 0.4) is 0 Å². The number of fused-ring (bicyclic) bond motifs is 1. The minimum atomic E-state index is -0.177. The van der Waals surface area contributed by atoms with E-state index >= 15 is 0 Å². The molecule has 3 N–H and O–H groups in total. The lowest BCUT2D eigenvalue weighted by Crippen LogP contribution is -2.40. The minimum Gasteiger partial charge on any atom is -0.396 e. The summed E-state index contributed by atoms with van der Waals surface area (Å²) >= 11 is 3.29. The van der Waals surface area contributed by atoms with E-state index in [0.29, 0.717) is 18.4 Å². The molecule has 9 heteroatoms. The van der Waals surface area contributed by atoms with Gasteiger partial charge < -0.3 is 15.7 Å². The van der Waals surface area contributed by atoms with Crippen molar-refractivity contribution in [2.45, 2.75) is 52.6 Å². The van der Waals surface area contributed by atoms with E-state index in [0.717, 1.165) is 55.8 Å². The van der Waals surface area contributed by atoms with Gasteiger partial charge in [0.2, 0.25) is 5.95 Å². The molecule has 3 atom stereocenters. The first kappa shape index (κ1) is 23.1. The fraction of sp³-hybridized carbons (Fsp3) is 0.440. The highest BCUT2D eigenvalue weighted by Crippen LogP contribution is 2.44. The second-order valence-corrected chi connectivity index (χ2v) is 11.4. The lowest BCUT2D eigenvalue weighted by Gasteiger charge is -2.33. The largest absolute Gasteiger partial charge is 0.396 e. The van der Waals surface area contributed by atoms with E-state index in [9.17, 15) is 5.11 Å². The number of hydrogen-bond donors (Lipinski definition) is 3. The molecule has 0 aliphatic heterocycles. The molecule has 0 bridgehead atoms. The molecule has 34 heavy (non-hydrogen) atoms. The van der Waals surface area contributed by atoms with Crippen LogP contribution in [0.4, 0.5) is 11.8 Å². The summed E-state index contributed by atoms with van der Waals surface area (Å²) in [6, 6.07) is 8.18. The van der Waals surface area contributed by atoms with Gasteiger partial charge in [-0.3, -0.25) is 0 Å². The van der Waals surface area contributed by atoms with E-state index in [2.05, 4.69) is 35.5 Å². The zero-order valence-corrected chi connectivity index (χ0v) is 21.6. The third-order valence-electron chi connectivity index (χ3n) is 7.05. The van der Waals surface area contributed by atoms with E-state index in [4.69, 9.17) is 15.0 Å². The first-order valence-electron chi connectivity index (χ1n) is 11.6. The standard InChI is InChI=1S/C25H30N6OS2/c1-14-13-33-20(27-14)11-26-24-28-16(3)21(23-29-18-7-5-6-8-19(18)34-23)22(30-24)31-25(4)10-9-17(12-32)15(25)2/h5-8,13,15,17,32H,9-12H2,1-4H3,(H2,26,28,30,31). The number of benzene rings is 1. The molecular weight excluding hydrogens is 464 g/mol. The topological polar surface area (TPSA) is 95.9 Å². The number of nitrogens with zero attached hydrogens (tertiary/aromatic N) is 4. The molecule has 0 radical (unpaired) electrons. The summed E-state index contributed by atoms with van der Waals surface area (Å²) in [7, 11) is 0. The summed E-state index contributed by atoms with van der Waals surface area (Å²) in [4.78, 5) is 19.2. The van der Waals surface area contributed by atoms with Crippen LogP contribution in [0.1, 0.15) is 43.1 Å². The predicted octanol–water partition coefficient (Wildman–Crippen LogP) is 5.65. The Bertz CT molecular complexity index is 1280. The summed E-state index contributed by atoms with van der Waals surface area (Å²) in [6.07, 6.45) is 1.97. The van der Waals surface area contributed by atoms with Crippen LogP contribution >= 0.6 is 22.7 Å². The van der Waals surface area contributed by atoms with Gasteiger partial charge in [0.05, 0.1) is 28.0 Å². The zero-order valence-electron chi connectivity index (χ0n) is 19.9. The van der Waals surface area contributed by atoms with Crippen molar-refractivity contribution in [3.8, 4) is 10.6 Å². The Morgan fingerprint density at radius 1 is 1.15 bits per heavy atom. The molecule has 1 fully saturated rings.